The SMILES string of the molecule is O=C(O)C=CCCCCCCCCCCCCCCCCCCCCCCCCCCCCCCCCCC=CC(=O)O. The molecular weight excluding hydrogens is 532 g/mol. The molecule has 0 heterocycles. The zero-order valence-corrected chi connectivity index (χ0v) is 28.4. The molecule has 0 aromatic heterocycles. The Hall–Kier alpha value is -1.58. The van der Waals surface area contributed by atoms with Crippen LogP contribution < -0.4 is 0 Å². The fraction of sp³-hybridized carbons (Fsp3) is 0.846. The Morgan fingerprint density at radius 1 is 0.279 bits per heavy atom. The van der Waals surface area contributed by atoms with Crippen LogP contribution in [0.1, 0.15) is 212 Å². The number of hydrogen-bond acceptors (Lipinski definition) is 2. The molecule has 4 nitrogen and oxygen atoms in total. The minimum absolute atomic E-state index is 0.834. The van der Waals surface area contributed by atoms with Crippen molar-refractivity contribution in [1.29, 1.82) is 0 Å². The molecule has 0 fully saturated rings. The van der Waals surface area contributed by atoms with E-state index in [4.69, 9.17) is 10.2 Å². The maximum atomic E-state index is 10.4. The van der Waals surface area contributed by atoms with Gasteiger partial charge in [-0.2, -0.15) is 0 Å². The average molecular weight is 605 g/mol. The largest absolute Gasteiger partial charge is 0.478 e. The van der Waals surface area contributed by atoms with Gasteiger partial charge in [0.1, 0.15) is 0 Å². The maximum absolute atomic E-state index is 10.4. The molecule has 0 unspecified atom stereocenters. The molecule has 0 radical (unpaired) electrons. The van der Waals surface area contributed by atoms with E-state index in [1.807, 2.05) is 0 Å². The van der Waals surface area contributed by atoms with E-state index >= 15 is 0 Å². The molecule has 252 valence electrons. The van der Waals surface area contributed by atoms with Crippen LogP contribution in [-0.4, -0.2) is 22.2 Å². The normalized spacial score (nSPS) is 11.7. The van der Waals surface area contributed by atoms with Crippen molar-refractivity contribution >= 4 is 11.9 Å². The molecule has 0 aliphatic heterocycles. The van der Waals surface area contributed by atoms with Gasteiger partial charge in [-0.25, -0.2) is 9.59 Å². The van der Waals surface area contributed by atoms with Crippen LogP contribution in [0.4, 0.5) is 0 Å². The van der Waals surface area contributed by atoms with E-state index in [1.165, 1.54) is 198 Å². The smallest absolute Gasteiger partial charge is 0.327 e. The highest BCUT2D eigenvalue weighted by Gasteiger charge is 1.97. The van der Waals surface area contributed by atoms with Crippen molar-refractivity contribution in [2.75, 3.05) is 0 Å². The Balaban J connectivity index is 3.07. The molecule has 0 atom stereocenters. The van der Waals surface area contributed by atoms with Crippen LogP contribution in [0, 0.1) is 0 Å². The number of carbonyl (C=O) groups is 2. The van der Waals surface area contributed by atoms with Crippen molar-refractivity contribution in [3.63, 3.8) is 0 Å². The van der Waals surface area contributed by atoms with Crippen LogP contribution in [0.5, 0.6) is 0 Å². The van der Waals surface area contributed by atoms with Crippen LogP contribution >= 0.6 is 0 Å². The summed E-state index contributed by atoms with van der Waals surface area (Å²) in [5.41, 5.74) is 0. The van der Waals surface area contributed by atoms with Gasteiger partial charge in [-0.3, -0.25) is 0 Å². The van der Waals surface area contributed by atoms with Crippen molar-refractivity contribution < 1.29 is 19.8 Å². The van der Waals surface area contributed by atoms with Gasteiger partial charge in [0.15, 0.2) is 0 Å². The van der Waals surface area contributed by atoms with Gasteiger partial charge in [-0.05, 0) is 25.7 Å². The van der Waals surface area contributed by atoms with E-state index in [0.29, 0.717) is 0 Å². The lowest BCUT2D eigenvalue weighted by atomic mass is 10.0. The second-order valence-corrected chi connectivity index (χ2v) is 13.0. The van der Waals surface area contributed by atoms with Crippen LogP contribution in [0.15, 0.2) is 24.3 Å². The first-order valence-electron chi connectivity index (χ1n) is 18.9. The number of rotatable bonds is 36. The number of allylic oxidation sites excluding steroid dienone is 2. The van der Waals surface area contributed by atoms with Gasteiger partial charge in [-0.15, -0.1) is 0 Å². The van der Waals surface area contributed by atoms with Crippen LogP contribution in [-0.2, 0) is 9.59 Å². The molecule has 0 saturated carbocycles. The van der Waals surface area contributed by atoms with E-state index in [9.17, 15) is 9.59 Å². The zero-order chi connectivity index (χ0) is 31.3. The lowest BCUT2D eigenvalue weighted by molar-refractivity contribution is -0.132. The molecule has 0 aromatic rings. The summed E-state index contributed by atoms with van der Waals surface area (Å²) < 4.78 is 0. The van der Waals surface area contributed by atoms with Crippen LogP contribution in [0.2, 0.25) is 0 Å². The van der Waals surface area contributed by atoms with Gasteiger partial charge in [0.2, 0.25) is 0 Å². The Labute approximate surface area is 267 Å². The predicted molar refractivity (Wildman–Crippen MR) is 186 cm³/mol. The molecule has 0 spiro atoms. The summed E-state index contributed by atoms with van der Waals surface area (Å²) in [6.07, 6.45) is 50.6. The van der Waals surface area contributed by atoms with Crippen LogP contribution in [0.25, 0.3) is 0 Å². The third-order valence-corrected chi connectivity index (χ3v) is 8.76. The molecule has 0 bridgehead atoms. The molecule has 0 aromatic carbocycles. The lowest BCUT2D eigenvalue weighted by Gasteiger charge is -2.05. The second kappa shape index (κ2) is 36.6. The first-order valence-corrected chi connectivity index (χ1v) is 18.9. The van der Waals surface area contributed by atoms with Gasteiger partial charge in [0, 0.05) is 12.2 Å². The molecule has 0 aliphatic rings. The summed E-state index contributed by atoms with van der Waals surface area (Å²) in [5, 5.41) is 17.1. The summed E-state index contributed by atoms with van der Waals surface area (Å²) >= 11 is 0. The Morgan fingerprint density at radius 3 is 0.558 bits per heavy atom. The number of hydrogen-bond donors (Lipinski definition) is 2. The van der Waals surface area contributed by atoms with E-state index in [1.54, 1.807) is 12.2 Å². The molecule has 0 rings (SSSR count). The molecule has 0 saturated heterocycles. The topological polar surface area (TPSA) is 74.6 Å². The summed E-state index contributed by atoms with van der Waals surface area (Å²) in [7, 11) is 0. The number of unbranched alkanes of at least 4 members (excludes halogenated alkanes) is 32. The van der Waals surface area contributed by atoms with Gasteiger partial charge >= 0.3 is 11.9 Å². The Bertz CT molecular complexity index is 585. The van der Waals surface area contributed by atoms with Crippen LogP contribution in [0.3, 0.4) is 0 Å². The van der Waals surface area contributed by atoms with E-state index in [0.717, 1.165) is 25.7 Å². The third kappa shape index (κ3) is 40.4. The molecule has 0 aliphatic carbocycles. The fourth-order valence-electron chi connectivity index (χ4n) is 6.02. The number of aliphatic carboxylic acids is 2. The van der Waals surface area contributed by atoms with Gasteiger partial charge in [0.05, 0.1) is 0 Å². The minimum Gasteiger partial charge on any atom is -0.478 e. The molecule has 43 heavy (non-hydrogen) atoms. The minimum atomic E-state index is -0.834. The van der Waals surface area contributed by atoms with Gasteiger partial charge in [0.25, 0.3) is 0 Å². The van der Waals surface area contributed by atoms with Crippen molar-refractivity contribution in [3.05, 3.63) is 24.3 Å². The van der Waals surface area contributed by atoms with Gasteiger partial charge < -0.3 is 10.2 Å². The molecule has 0 amide bonds. The number of carboxylic acids is 2. The summed E-state index contributed by atoms with van der Waals surface area (Å²) in [6.45, 7) is 0. The number of carboxylic acid groups (broad SMARTS) is 2. The van der Waals surface area contributed by atoms with Crippen molar-refractivity contribution in [2.45, 2.75) is 212 Å². The zero-order valence-electron chi connectivity index (χ0n) is 28.4. The van der Waals surface area contributed by atoms with Crippen molar-refractivity contribution in [3.8, 4) is 0 Å². The standard InChI is InChI=1S/C39H72O4/c40-38(41)36-34-32-30-28-26-24-22-20-18-16-14-12-10-8-6-4-2-1-3-5-7-9-11-13-15-17-19-21-23-25-27-29-31-33-35-37-39(42)43/h34-37H,1-33H2,(H,40,41)(H,42,43). The molecule has 2 N–H and O–H groups in total. The average Bonchev–Trinajstić information content (AvgIpc) is 2.98. The fourth-order valence-corrected chi connectivity index (χ4v) is 6.02. The summed E-state index contributed by atoms with van der Waals surface area (Å²) in [4.78, 5) is 20.8. The molecule has 4 heteroatoms. The maximum Gasteiger partial charge on any atom is 0.327 e. The predicted octanol–water partition coefficient (Wildman–Crippen LogP) is 13.1. The summed E-state index contributed by atoms with van der Waals surface area (Å²) in [5.74, 6) is -1.67. The highest BCUT2D eigenvalue weighted by molar-refractivity contribution is 5.79. The van der Waals surface area contributed by atoms with Gasteiger partial charge in [-0.1, -0.05) is 198 Å². The van der Waals surface area contributed by atoms with Crippen molar-refractivity contribution in [1.82, 2.24) is 0 Å². The van der Waals surface area contributed by atoms with E-state index in [-0.39, 0.29) is 0 Å². The third-order valence-electron chi connectivity index (χ3n) is 8.76. The van der Waals surface area contributed by atoms with E-state index < -0.39 is 11.9 Å². The lowest BCUT2D eigenvalue weighted by Crippen LogP contribution is -1.86. The van der Waals surface area contributed by atoms with Crippen molar-refractivity contribution in [2.24, 2.45) is 0 Å². The molecular formula is C39H72O4. The Morgan fingerprint density at radius 2 is 0.419 bits per heavy atom. The summed E-state index contributed by atoms with van der Waals surface area (Å²) in [6, 6.07) is 0. The monoisotopic (exact) mass is 605 g/mol. The highest BCUT2D eigenvalue weighted by atomic mass is 16.4. The second-order valence-electron chi connectivity index (χ2n) is 13.0. The first kappa shape index (κ1) is 41.4. The first-order chi connectivity index (χ1) is 21.1. The highest BCUT2D eigenvalue weighted by Crippen LogP contribution is 2.17. The Kier molecular flexibility index (Phi) is 35.3. The van der Waals surface area contributed by atoms with E-state index in [2.05, 4.69) is 0 Å². The quantitative estimate of drug-likeness (QED) is 0.0551.